The zero-order valence-corrected chi connectivity index (χ0v) is 24.5. The molecule has 6 nitrogen and oxygen atoms in total. The number of carbonyl (C=O) groups is 2. The fourth-order valence-electron chi connectivity index (χ4n) is 6.31. The van der Waals surface area contributed by atoms with Gasteiger partial charge in [-0.05, 0) is 62.0 Å². The van der Waals surface area contributed by atoms with E-state index in [-0.39, 0.29) is 25.2 Å². The van der Waals surface area contributed by atoms with Crippen LogP contribution < -0.4 is 9.47 Å². The summed E-state index contributed by atoms with van der Waals surface area (Å²) in [4.78, 5) is 25.3. The van der Waals surface area contributed by atoms with E-state index in [1.807, 2.05) is 30.3 Å². The third-order valence-electron chi connectivity index (χ3n) is 8.64. The first kappa shape index (κ1) is 29.2. The predicted molar refractivity (Wildman–Crippen MR) is 162 cm³/mol. The van der Waals surface area contributed by atoms with Crippen LogP contribution in [0.1, 0.15) is 83.1 Å². The van der Waals surface area contributed by atoms with Crippen molar-refractivity contribution in [1.82, 2.24) is 0 Å². The number of benzene rings is 3. The van der Waals surface area contributed by atoms with Gasteiger partial charge in [-0.3, -0.25) is 0 Å². The topological polar surface area (TPSA) is 71.1 Å². The molecule has 0 bridgehead atoms. The van der Waals surface area contributed by atoms with Crippen molar-refractivity contribution in [2.24, 2.45) is 11.8 Å². The van der Waals surface area contributed by atoms with Crippen LogP contribution in [0.15, 0.2) is 42.5 Å². The van der Waals surface area contributed by atoms with Gasteiger partial charge in [-0.25, -0.2) is 9.59 Å². The molecule has 2 aliphatic rings. The van der Waals surface area contributed by atoms with E-state index < -0.39 is 0 Å². The first-order valence-corrected chi connectivity index (χ1v) is 15.7. The van der Waals surface area contributed by atoms with Crippen molar-refractivity contribution in [3.8, 4) is 11.5 Å². The molecule has 2 fully saturated rings. The Labute approximate surface area is 243 Å². The molecule has 3 aromatic carbocycles. The van der Waals surface area contributed by atoms with Crippen LogP contribution in [-0.4, -0.2) is 38.4 Å². The first-order valence-electron chi connectivity index (χ1n) is 15.7. The van der Waals surface area contributed by atoms with Crippen molar-refractivity contribution >= 4 is 33.5 Å². The fourth-order valence-corrected chi connectivity index (χ4v) is 6.31. The summed E-state index contributed by atoms with van der Waals surface area (Å²) in [5, 5.41) is 3.39. The number of rotatable bonds is 14. The second kappa shape index (κ2) is 14.6. The average Bonchev–Trinajstić information content (AvgIpc) is 3.72. The molecule has 0 unspecified atom stereocenters. The molecule has 41 heavy (non-hydrogen) atoms. The summed E-state index contributed by atoms with van der Waals surface area (Å²) in [5.41, 5.74) is 1.21. The maximum atomic E-state index is 12.7. The maximum Gasteiger partial charge on any atom is 0.344 e. The van der Waals surface area contributed by atoms with E-state index in [9.17, 15) is 9.59 Å². The number of hydrogen-bond acceptors (Lipinski definition) is 6. The maximum absolute atomic E-state index is 12.7. The molecule has 0 heterocycles. The zero-order chi connectivity index (χ0) is 28.4. The number of aryl methyl sites for hydroxylation is 1. The van der Waals surface area contributed by atoms with E-state index in [0.29, 0.717) is 36.5 Å². The predicted octanol–water partition coefficient (Wildman–Crippen LogP) is 7.95. The molecule has 220 valence electrons. The quantitative estimate of drug-likeness (QED) is 0.113. The highest BCUT2D eigenvalue weighted by molar-refractivity contribution is 6.11. The van der Waals surface area contributed by atoms with Crippen molar-refractivity contribution in [1.29, 1.82) is 0 Å². The Balaban J connectivity index is 1.39. The van der Waals surface area contributed by atoms with Gasteiger partial charge in [0.15, 0.2) is 13.2 Å². The minimum Gasteiger partial charge on any atom is -0.481 e. The van der Waals surface area contributed by atoms with Gasteiger partial charge >= 0.3 is 11.9 Å². The molecule has 0 N–H and O–H groups in total. The molecular formula is C35H44O6. The van der Waals surface area contributed by atoms with Gasteiger partial charge in [-0.1, -0.05) is 81.8 Å². The Hall–Kier alpha value is -3.28. The second-order valence-corrected chi connectivity index (χ2v) is 11.8. The van der Waals surface area contributed by atoms with Gasteiger partial charge in [0.1, 0.15) is 11.5 Å². The van der Waals surface area contributed by atoms with Crippen molar-refractivity contribution in [2.45, 2.75) is 84.0 Å². The molecule has 0 aliphatic heterocycles. The minimum atomic E-state index is -0.351. The van der Waals surface area contributed by atoms with Crippen LogP contribution in [0.4, 0.5) is 0 Å². The largest absolute Gasteiger partial charge is 0.481 e. The minimum absolute atomic E-state index is 0.153. The lowest BCUT2D eigenvalue weighted by molar-refractivity contribution is -0.148. The van der Waals surface area contributed by atoms with Gasteiger partial charge in [-0.15, -0.1) is 0 Å². The van der Waals surface area contributed by atoms with Crippen molar-refractivity contribution < 1.29 is 28.5 Å². The summed E-state index contributed by atoms with van der Waals surface area (Å²) in [5.74, 6) is 1.50. The molecule has 6 heteroatoms. The van der Waals surface area contributed by atoms with E-state index >= 15 is 0 Å². The van der Waals surface area contributed by atoms with Crippen LogP contribution in [0.2, 0.25) is 0 Å². The van der Waals surface area contributed by atoms with Gasteiger partial charge in [0.25, 0.3) is 0 Å². The zero-order valence-electron chi connectivity index (χ0n) is 24.5. The molecule has 0 aromatic heterocycles. The summed E-state index contributed by atoms with van der Waals surface area (Å²) in [6.45, 7) is 2.83. The van der Waals surface area contributed by atoms with Gasteiger partial charge in [-0.2, -0.15) is 0 Å². The van der Waals surface area contributed by atoms with E-state index in [1.165, 1.54) is 37.7 Å². The van der Waals surface area contributed by atoms with E-state index in [2.05, 4.69) is 19.1 Å². The molecular weight excluding hydrogens is 516 g/mol. The van der Waals surface area contributed by atoms with Crippen LogP contribution in [0.25, 0.3) is 21.5 Å². The van der Waals surface area contributed by atoms with Crippen LogP contribution in [0.5, 0.6) is 11.5 Å². The number of hydrogen-bond donors (Lipinski definition) is 0. The van der Waals surface area contributed by atoms with Crippen LogP contribution in [-0.2, 0) is 25.5 Å². The summed E-state index contributed by atoms with van der Waals surface area (Å²) < 4.78 is 23.6. The molecule has 0 saturated heterocycles. The SMILES string of the molecule is CCCCCc1ccc2c(OCC(=O)OCC3CCCC3)c3ccccc3c(OCC(=O)OCC3CCCC3)c2c1. The van der Waals surface area contributed by atoms with Gasteiger partial charge in [0.2, 0.25) is 0 Å². The Morgan fingerprint density at radius 3 is 1.73 bits per heavy atom. The third kappa shape index (κ3) is 7.72. The fraction of sp³-hybridized carbons (Fsp3) is 0.543. The molecule has 3 aromatic rings. The van der Waals surface area contributed by atoms with Gasteiger partial charge in [0.05, 0.1) is 13.2 Å². The molecule has 5 rings (SSSR count). The highest BCUT2D eigenvalue weighted by atomic mass is 16.6. The Morgan fingerprint density at radius 1 is 0.683 bits per heavy atom. The lowest BCUT2D eigenvalue weighted by atomic mass is 9.97. The lowest BCUT2D eigenvalue weighted by Crippen LogP contribution is -2.19. The summed E-state index contributed by atoms with van der Waals surface area (Å²) in [7, 11) is 0. The molecule has 0 radical (unpaired) electrons. The van der Waals surface area contributed by atoms with Crippen molar-refractivity contribution in [3.63, 3.8) is 0 Å². The monoisotopic (exact) mass is 560 g/mol. The van der Waals surface area contributed by atoms with Crippen molar-refractivity contribution in [3.05, 3.63) is 48.0 Å². The second-order valence-electron chi connectivity index (χ2n) is 11.8. The average molecular weight is 561 g/mol. The molecule has 0 atom stereocenters. The lowest BCUT2D eigenvalue weighted by Gasteiger charge is -2.19. The Kier molecular flexibility index (Phi) is 10.4. The molecule has 2 saturated carbocycles. The smallest absolute Gasteiger partial charge is 0.344 e. The molecule has 2 aliphatic carbocycles. The number of ether oxygens (including phenoxy) is 4. The first-order chi connectivity index (χ1) is 20.1. The van der Waals surface area contributed by atoms with E-state index in [0.717, 1.165) is 66.5 Å². The summed E-state index contributed by atoms with van der Waals surface area (Å²) >= 11 is 0. The highest BCUT2D eigenvalue weighted by Crippen LogP contribution is 2.43. The Bertz CT molecular complexity index is 1320. The highest BCUT2D eigenvalue weighted by Gasteiger charge is 2.21. The van der Waals surface area contributed by atoms with E-state index in [4.69, 9.17) is 18.9 Å². The number of carbonyl (C=O) groups excluding carboxylic acids is 2. The molecule has 0 spiro atoms. The van der Waals surface area contributed by atoms with Crippen LogP contribution >= 0.6 is 0 Å². The Morgan fingerprint density at radius 2 is 1.20 bits per heavy atom. The number of unbranched alkanes of at least 4 members (excludes halogenated alkanes) is 2. The third-order valence-corrected chi connectivity index (χ3v) is 8.64. The van der Waals surface area contributed by atoms with Crippen molar-refractivity contribution in [2.75, 3.05) is 26.4 Å². The normalized spacial score (nSPS) is 15.9. The number of fused-ring (bicyclic) bond motifs is 2. The van der Waals surface area contributed by atoms with Crippen LogP contribution in [0.3, 0.4) is 0 Å². The van der Waals surface area contributed by atoms with Crippen LogP contribution in [0, 0.1) is 11.8 Å². The molecule has 0 amide bonds. The standard InChI is InChI=1S/C35H44O6/c1-2-3-4-11-25-18-19-30-31(20-25)35(41-24-33(37)39-22-27-14-7-8-15-27)29-17-10-9-16-28(29)34(30)40-23-32(36)38-21-26-12-5-6-13-26/h9-10,16-20,26-27H,2-8,11-15,21-24H2,1H3. The van der Waals surface area contributed by atoms with Gasteiger partial charge in [0, 0.05) is 21.5 Å². The van der Waals surface area contributed by atoms with E-state index in [1.54, 1.807) is 0 Å². The summed E-state index contributed by atoms with van der Waals surface area (Å²) in [6, 6.07) is 14.1. The summed E-state index contributed by atoms with van der Waals surface area (Å²) in [6.07, 6.45) is 13.7. The number of esters is 2. The van der Waals surface area contributed by atoms with Gasteiger partial charge < -0.3 is 18.9 Å².